The molecule has 0 bridgehead atoms. The van der Waals surface area contributed by atoms with Gasteiger partial charge in [-0.3, -0.25) is 4.57 Å². The molecule has 0 spiro atoms. The number of ether oxygens (including phenoxy) is 1. The molecule has 5 nitrogen and oxygen atoms in total. The number of fused-ring (bicyclic) bond motifs is 10. The molecule has 0 saturated heterocycles. The molecule has 1 aliphatic heterocycles. The monoisotopic (exact) mass is 1310 g/mol. The van der Waals surface area contributed by atoms with Gasteiger partial charge in [0.25, 0.3) is 6.33 Å². The normalized spacial score (nSPS) is 14.9. The van der Waals surface area contributed by atoms with Crippen molar-refractivity contribution in [2.75, 3.05) is 0 Å². The minimum atomic E-state index is -2.89. The Bertz CT molecular complexity index is 5500. The van der Waals surface area contributed by atoms with Crippen LogP contribution in [0.25, 0.3) is 117 Å². The molecule has 6 heteroatoms. The standard InChI is InChI=1S/C80H68N4O.Pt/c1-50-20-18-21-51(2)75(50)55-43-68(53-32-36-57(37-33-53)79(6,7)8)76-69(44-55)64-26-14-12-24-62(64)63-25-13-15-27-65(63)70-42-54(52-30-34-56(35-31-52)78(3,4)5)45-73-77(70)83(76)49-82(73)59-22-19-23-60(47-59)85-61-38-39-67-66-28-16-17-29-71(66)84(72(67)48-61)74-46-58(40-41-81-74)80(9,10)11;/h12-46H,1-11H3;/q-2;/i1D3,2D3,12D,13D,14D,15D,24D,25D,26D,27D;. The van der Waals surface area contributed by atoms with Gasteiger partial charge < -0.3 is 13.9 Å². The second kappa shape index (κ2) is 21.3. The van der Waals surface area contributed by atoms with Crippen LogP contribution in [0.1, 0.15) is 109 Å². The van der Waals surface area contributed by atoms with Crippen LogP contribution in [0.5, 0.6) is 11.5 Å². The minimum absolute atomic E-state index is 0. The van der Waals surface area contributed by atoms with Gasteiger partial charge in [0, 0.05) is 52.5 Å². The summed E-state index contributed by atoms with van der Waals surface area (Å²) in [4.78, 5) is 4.88. The molecule has 0 atom stereocenters. The summed E-state index contributed by atoms with van der Waals surface area (Å²) in [6.07, 6.45) is 5.52. The van der Waals surface area contributed by atoms with Crippen LogP contribution in [0.4, 0.5) is 0 Å². The second-order valence-corrected chi connectivity index (χ2v) is 25.1. The third-order valence-electron chi connectivity index (χ3n) is 16.4. The molecule has 0 saturated carbocycles. The molecule has 13 aromatic rings. The number of imidazole rings is 1. The summed E-state index contributed by atoms with van der Waals surface area (Å²) in [5, 5.41) is 1.94. The quantitative estimate of drug-likeness (QED) is 0.118. The van der Waals surface area contributed by atoms with E-state index in [9.17, 15) is 11.0 Å². The Hall–Kier alpha value is -8.89. The zero-order valence-corrected chi connectivity index (χ0v) is 51.4. The smallest absolute Gasteiger partial charge is 0.268 e. The van der Waals surface area contributed by atoms with Crippen molar-refractivity contribution >= 4 is 32.8 Å². The average molecular weight is 1310 g/mol. The van der Waals surface area contributed by atoms with E-state index in [2.05, 4.69) is 104 Å². The fourth-order valence-corrected chi connectivity index (χ4v) is 11.9. The van der Waals surface area contributed by atoms with E-state index in [-0.39, 0.29) is 104 Å². The van der Waals surface area contributed by atoms with Crippen LogP contribution in [0, 0.1) is 32.2 Å². The molecule has 0 fully saturated rings. The number of pyridine rings is 1. The Morgan fingerprint density at radius 3 is 1.72 bits per heavy atom. The van der Waals surface area contributed by atoms with Gasteiger partial charge in [0.05, 0.1) is 27.7 Å². The fourth-order valence-electron chi connectivity index (χ4n) is 11.9. The Morgan fingerprint density at radius 2 is 1.07 bits per heavy atom. The molecule has 1 aliphatic rings. The van der Waals surface area contributed by atoms with E-state index in [1.54, 1.807) is 21.3 Å². The molecule has 86 heavy (non-hydrogen) atoms. The molecule has 3 aromatic heterocycles. The number of nitrogens with zero attached hydrogens (tertiary/aromatic N) is 4. The van der Waals surface area contributed by atoms with E-state index in [0.29, 0.717) is 45.0 Å². The number of hydrogen-bond acceptors (Lipinski definition) is 2. The first-order valence-electron chi connectivity index (χ1n) is 35.5. The SMILES string of the molecule is [2H]c1c([2H])c([2H])c2c(c1[2H])-c1cc(-c3c(C([2H])([2H])[2H])cccc3C([2H])([2H])[2H])cc(-c3ccc(C(C)(C)C)cc3)c1-[n+]1[c-]n(-c3[c-]c(Oc4[c-]c5c(cc4)c4ccccc4n5-c4cc(C(C)(C)C)ccn4)ccc3)c3cc(-c4ccc(C(C)(C)C)cc4)cc(c31)-c1c([2H])c([2H])c([2H])c([2H])c1-2.[Pt]. The molecular formula is C80H68N4OPt-2. The molecule has 426 valence electrons. The van der Waals surface area contributed by atoms with Gasteiger partial charge in [0.1, 0.15) is 5.82 Å². The molecule has 4 heterocycles. The number of aryl methyl sites for hydroxylation is 2. The topological polar surface area (TPSA) is 35.9 Å². The van der Waals surface area contributed by atoms with Crippen molar-refractivity contribution in [3.63, 3.8) is 0 Å². The summed E-state index contributed by atoms with van der Waals surface area (Å²) in [6.45, 7) is 13.3. The van der Waals surface area contributed by atoms with Crippen molar-refractivity contribution in [1.82, 2.24) is 14.1 Å². The molecule has 0 unspecified atom stereocenters. The van der Waals surface area contributed by atoms with E-state index in [0.717, 1.165) is 44.1 Å². The van der Waals surface area contributed by atoms with Gasteiger partial charge >= 0.3 is 0 Å². The molecule has 0 aliphatic carbocycles. The van der Waals surface area contributed by atoms with E-state index in [4.69, 9.17) is 17.9 Å². The van der Waals surface area contributed by atoms with E-state index >= 15 is 0 Å². The van der Waals surface area contributed by atoms with Crippen molar-refractivity contribution in [2.45, 2.75) is 92.3 Å². The van der Waals surface area contributed by atoms with Crippen molar-refractivity contribution in [2.24, 2.45) is 0 Å². The first kappa shape index (κ1) is 42.0. The summed E-state index contributed by atoms with van der Waals surface area (Å²) < 4.78 is 144. The minimum Gasteiger partial charge on any atom is -0.510 e. The largest absolute Gasteiger partial charge is 0.510 e. The predicted molar refractivity (Wildman–Crippen MR) is 352 cm³/mol. The van der Waals surface area contributed by atoms with Crippen molar-refractivity contribution in [3.8, 4) is 95.5 Å². The Morgan fingerprint density at radius 1 is 0.488 bits per heavy atom. The summed E-state index contributed by atoms with van der Waals surface area (Å²) in [5.41, 5.74) is 6.40. The maximum Gasteiger partial charge on any atom is 0.268 e. The van der Waals surface area contributed by atoms with Gasteiger partial charge in [-0.25, -0.2) is 4.98 Å². The zero-order valence-electron chi connectivity index (χ0n) is 63.1. The predicted octanol–water partition coefficient (Wildman–Crippen LogP) is 20.4. The van der Waals surface area contributed by atoms with Crippen molar-refractivity contribution < 1.29 is 49.6 Å². The van der Waals surface area contributed by atoms with Crippen LogP contribution in [0.3, 0.4) is 0 Å². The van der Waals surface area contributed by atoms with Crippen LogP contribution in [0.15, 0.2) is 212 Å². The number of hydrogen-bond donors (Lipinski definition) is 0. The number of aromatic nitrogens is 4. The van der Waals surface area contributed by atoms with Crippen molar-refractivity contribution in [1.29, 1.82) is 0 Å². The Balaban J connectivity index is 0.00000896. The van der Waals surface area contributed by atoms with Gasteiger partial charge in [-0.15, -0.1) is 29.7 Å². The van der Waals surface area contributed by atoms with Gasteiger partial charge in [-0.05, 0) is 172 Å². The average Bonchev–Trinajstić information content (AvgIpc) is 1.47. The van der Waals surface area contributed by atoms with Gasteiger partial charge in [0.15, 0.2) is 0 Å². The fraction of sp³-hybridized carbons (Fsp3) is 0.175. The molecule has 0 amide bonds. The van der Waals surface area contributed by atoms with E-state index in [1.165, 1.54) is 24.3 Å². The Labute approximate surface area is 540 Å². The number of para-hydroxylation sites is 1. The third-order valence-corrected chi connectivity index (χ3v) is 16.4. The van der Waals surface area contributed by atoms with Gasteiger partial charge in [-0.2, -0.15) is 18.2 Å². The number of rotatable bonds is 7. The molecule has 10 aromatic carbocycles. The molecule has 0 radical (unpaired) electrons. The van der Waals surface area contributed by atoms with Crippen LogP contribution in [-0.2, 0) is 37.3 Å². The maximum absolute atomic E-state index is 10.2. The second-order valence-electron chi connectivity index (χ2n) is 25.1. The summed E-state index contributed by atoms with van der Waals surface area (Å²) in [5.74, 6) is 1.37. The molecule has 0 N–H and O–H groups in total. The number of benzene rings is 10. The Kier molecular flexibility index (Phi) is 10.4. The third kappa shape index (κ3) is 9.81. The molecular weight excluding hydrogens is 1230 g/mol. The summed E-state index contributed by atoms with van der Waals surface area (Å²) in [7, 11) is 0. The maximum atomic E-state index is 10.2. The first-order chi connectivity index (χ1) is 46.6. The van der Waals surface area contributed by atoms with Crippen LogP contribution < -0.4 is 9.30 Å². The molecule has 14 rings (SSSR count). The van der Waals surface area contributed by atoms with E-state index < -0.39 is 62.0 Å². The van der Waals surface area contributed by atoms with Crippen LogP contribution in [0.2, 0.25) is 0 Å². The van der Waals surface area contributed by atoms with Crippen molar-refractivity contribution in [3.05, 3.63) is 259 Å². The summed E-state index contributed by atoms with van der Waals surface area (Å²) >= 11 is 0. The summed E-state index contributed by atoms with van der Waals surface area (Å²) in [6, 6.07) is 50.6. The van der Waals surface area contributed by atoms with E-state index in [1.807, 2.05) is 109 Å². The van der Waals surface area contributed by atoms with Gasteiger partial charge in [0.2, 0.25) is 0 Å². The van der Waals surface area contributed by atoms with Crippen LogP contribution >= 0.6 is 0 Å². The van der Waals surface area contributed by atoms with Crippen LogP contribution in [-0.4, -0.2) is 14.1 Å². The van der Waals surface area contributed by atoms with Gasteiger partial charge in [-0.1, -0.05) is 207 Å². The zero-order chi connectivity index (χ0) is 70.6. The first-order valence-corrected chi connectivity index (χ1v) is 28.5.